The molecule has 0 bridgehead atoms. The number of nitrogens with one attached hydrogen (secondary N) is 1. The molecule has 0 radical (unpaired) electrons. The van der Waals surface area contributed by atoms with Gasteiger partial charge in [-0.2, -0.15) is 0 Å². The van der Waals surface area contributed by atoms with E-state index in [-0.39, 0.29) is 6.10 Å². The van der Waals surface area contributed by atoms with Crippen LogP contribution in [0.2, 0.25) is 0 Å². The van der Waals surface area contributed by atoms with Crippen LogP contribution in [0.15, 0.2) is 24.3 Å². The second-order valence-corrected chi connectivity index (χ2v) is 5.44. The minimum Gasteiger partial charge on any atom is -0.374 e. The molecule has 2 rings (SSSR count). The molecule has 1 fully saturated rings. The highest BCUT2D eigenvalue weighted by atomic mass is 16.5. The van der Waals surface area contributed by atoms with Gasteiger partial charge in [-0.1, -0.05) is 24.3 Å². The third-order valence-corrected chi connectivity index (χ3v) is 3.38. The van der Waals surface area contributed by atoms with Crippen LogP contribution >= 0.6 is 0 Å². The van der Waals surface area contributed by atoms with E-state index in [4.69, 9.17) is 9.47 Å². The Morgan fingerprint density at radius 2 is 1.63 bits per heavy atom. The van der Waals surface area contributed by atoms with E-state index in [0.29, 0.717) is 12.7 Å². The van der Waals surface area contributed by atoms with Crippen molar-refractivity contribution in [3.8, 4) is 0 Å². The summed E-state index contributed by atoms with van der Waals surface area (Å²) >= 11 is 0. The second kappa shape index (κ2) is 7.63. The quantitative estimate of drug-likeness (QED) is 0.856. The first-order valence-electron chi connectivity index (χ1n) is 7.26. The summed E-state index contributed by atoms with van der Waals surface area (Å²) in [6.07, 6.45) is 2.95. The van der Waals surface area contributed by atoms with Crippen molar-refractivity contribution in [2.75, 3.05) is 13.1 Å². The molecule has 1 heterocycles. The molecule has 1 aliphatic rings. The Morgan fingerprint density at radius 3 is 2.21 bits per heavy atom. The van der Waals surface area contributed by atoms with E-state index >= 15 is 0 Å². The predicted molar refractivity (Wildman–Crippen MR) is 77.0 cm³/mol. The van der Waals surface area contributed by atoms with Crippen molar-refractivity contribution in [3.05, 3.63) is 35.4 Å². The summed E-state index contributed by atoms with van der Waals surface area (Å²) in [7, 11) is 0. The van der Waals surface area contributed by atoms with Gasteiger partial charge in [-0.3, -0.25) is 0 Å². The summed E-state index contributed by atoms with van der Waals surface area (Å²) in [5, 5.41) is 3.35. The van der Waals surface area contributed by atoms with Gasteiger partial charge in [0.1, 0.15) is 0 Å². The molecule has 1 N–H and O–H groups in total. The van der Waals surface area contributed by atoms with E-state index < -0.39 is 0 Å². The number of hydrogen-bond donors (Lipinski definition) is 1. The zero-order chi connectivity index (χ0) is 13.5. The van der Waals surface area contributed by atoms with Gasteiger partial charge in [0.05, 0.1) is 25.4 Å². The van der Waals surface area contributed by atoms with Crippen molar-refractivity contribution in [3.63, 3.8) is 0 Å². The predicted octanol–water partition coefficient (Wildman–Crippen LogP) is 2.88. The van der Waals surface area contributed by atoms with Gasteiger partial charge in [-0.25, -0.2) is 0 Å². The number of ether oxygens (including phenoxy) is 2. The van der Waals surface area contributed by atoms with E-state index in [1.165, 1.54) is 11.1 Å². The monoisotopic (exact) mass is 263 g/mol. The largest absolute Gasteiger partial charge is 0.374 e. The van der Waals surface area contributed by atoms with Crippen LogP contribution in [0.1, 0.15) is 37.8 Å². The standard InChI is InChI=1S/C16H25NO2/c1-13(2)18-11-14-3-5-15(6-4-14)12-19-16-7-9-17-10-8-16/h3-6,13,16-17H,7-12H2,1-2H3. The summed E-state index contributed by atoms with van der Waals surface area (Å²) in [5.41, 5.74) is 2.46. The first-order chi connectivity index (χ1) is 9.24. The summed E-state index contributed by atoms with van der Waals surface area (Å²) in [6, 6.07) is 8.53. The van der Waals surface area contributed by atoms with Gasteiger partial charge in [-0.05, 0) is 50.9 Å². The van der Waals surface area contributed by atoms with Crippen LogP contribution in [0.4, 0.5) is 0 Å². The summed E-state index contributed by atoms with van der Waals surface area (Å²) in [6.45, 7) is 7.68. The maximum Gasteiger partial charge on any atom is 0.0720 e. The van der Waals surface area contributed by atoms with Crippen LogP contribution in [-0.2, 0) is 22.7 Å². The van der Waals surface area contributed by atoms with Crippen molar-refractivity contribution in [1.82, 2.24) is 5.32 Å². The SMILES string of the molecule is CC(C)OCc1ccc(COC2CCNCC2)cc1. The fourth-order valence-corrected chi connectivity index (χ4v) is 2.17. The van der Waals surface area contributed by atoms with Crippen molar-refractivity contribution in [1.29, 1.82) is 0 Å². The van der Waals surface area contributed by atoms with Crippen molar-refractivity contribution in [2.24, 2.45) is 0 Å². The Morgan fingerprint density at radius 1 is 1.05 bits per heavy atom. The van der Waals surface area contributed by atoms with Crippen molar-refractivity contribution in [2.45, 2.75) is 52.1 Å². The number of rotatable bonds is 6. The molecule has 3 heteroatoms. The number of benzene rings is 1. The molecule has 0 aromatic heterocycles. The van der Waals surface area contributed by atoms with Crippen molar-refractivity contribution >= 4 is 0 Å². The van der Waals surface area contributed by atoms with Gasteiger partial charge in [-0.15, -0.1) is 0 Å². The maximum atomic E-state index is 5.94. The van der Waals surface area contributed by atoms with Gasteiger partial charge >= 0.3 is 0 Å². The number of hydrogen-bond acceptors (Lipinski definition) is 3. The summed E-state index contributed by atoms with van der Waals surface area (Å²) in [5.74, 6) is 0. The molecule has 1 aromatic rings. The molecule has 1 aliphatic heterocycles. The van der Waals surface area contributed by atoms with Crippen molar-refractivity contribution < 1.29 is 9.47 Å². The maximum absolute atomic E-state index is 5.94. The molecule has 0 amide bonds. The fourth-order valence-electron chi connectivity index (χ4n) is 2.17. The molecule has 0 unspecified atom stereocenters. The lowest BCUT2D eigenvalue weighted by molar-refractivity contribution is 0.0212. The Labute approximate surface area is 116 Å². The summed E-state index contributed by atoms with van der Waals surface area (Å²) < 4.78 is 11.5. The lowest BCUT2D eigenvalue weighted by Gasteiger charge is -2.23. The smallest absolute Gasteiger partial charge is 0.0720 e. The fraction of sp³-hybridized carbons (Fsp3) is 0.625. The molecular weight excluding hydrogens is 238 g/mol. The highest BCUT2D eigenvalue weighted by molar-refractivity contribution is 5.21. The van der Waals surface area contributed by atoms with Crippen LogP contribution in [0.5, 0.6) is 0 Å². The Hall–Kier alpha value is -0.900. The van der Waals surface area contributed by atoms with E-state index in [1.54, 1.807) is 0 Å². The third-order valence-electron chi connectivity index (χ3n) is 3.38. The minimum atomic E-state index is 0.280. The normalized spacial score (nSPS) is 17.0. The first kappa shape index (κ1) is 14.5. The molecule has 0 saturated carbocycles. The van der Waals surface area contributed by atoms with Crippen LogP contribution in [0.3, 0.4) is 0 Å². The van der Waals surface area contributed by atoms with E-state index in [1.807, 2.05) is 0 Å². The first-order valence-corrected chi connectivity index (χ1v) is 7.26. The van der Waals surface area contributed by atoms with Gasteiger partial charge in [0, 0.05) is 0 Å². The van der Waals surface area contributed by atoms with Crippen LogP contribution < -0.4 is 5.32 Å². The molecule has 0 atom stereocenters. The molecule has 3 nitrogen and oxygen atoms in total. The highest BCUT2D eigenvalue weighted by Crippen LogP contribution is 2.12. The second-order valence-electron chi connectivity index (χ2n) is 5.44. The molecule has 19 heavy (non-hydrogen) atoms. The molecular formula is C16H25NO2. The topological polar surface area (TPSA) is 30.5 Å². The Balaban J connectivity index is 1.74. The molecule has 1 saturated heterocycles. The molecule has 106 valence electrons. The van der Waals surface area contributed by atoms with Gasteiger partial charge in [0.15, 0.2) is 0 Å². The minimum absolute atomic E-state index is 0.280. The Bertz CT molecular complexity index is 356. The lowest BCUT2D eigenvalue weighted by Crippen LogP contribution is -2.32. The van der Waals surface area contributed by atoms with E-state index in [0.717, 1.165) is 32.5 Å². The molecule has 1 aromatic carbocycles. The van der Waals surface area contributed by atoms with Gasteiger partial charge < -0.3 is 14.8 Å². The van der Waals surface area contributed by atoms with Gasteiger partial charge in [0.25, 0.3) is 0 Å². The number of piperidine rings is 1. The van der Waals surface area contributed by atoms with E-state index in [9.17, 15) is 0 Å². The average Bonchev–Trinajstić information content (AvgIpc) is 2.45. The van der Waals surface area contributed by atoms with Crippen LogP contribution in [0, 0.1) is 0 Å². The zero-order valence-electron chi connectivity index (χ0n) is 12.0. The zero-order valence-corrected chi connectivity index (χ0v) is 12.0. The highest BCUT2D eigenvalue weighted by Gasteiger charge is 2.12. The van der Waals surface area contributed by atoms with Crippen LogP contribution in [0.25, 0.3) is 0 Å². The van der Waals surface area contributed by atoms with Crippen LogP contribution in [-0.4, -0.2) is 25.3 Å². The average molecular weight is 263 g/mol. The van der Waals surface area contributed by atoms with Gasteiger partial charge in [0.2, 0.25) is 0 Å². The summed E-state index contributed by atoms with van der Waals surface area (Å²) in [4.78, 5) is 0. The van der Waals surface area contributed by atoms with E-state index in [2.05, 4.69) is 43.4 Å². The Kier molecular flexibility index (Phi) is 5.83. The lowest BCUT2D eigenvalue weighted by atomic mass is 10.1. The molecule has 0 aliphatic carbocycles. The third kappa shape index (κ3) is 5.31. The molecule has 0 spiro atoms.